The number of nitrogens with zero attached hydrogens (tertiary/aromatic N) is 4. The van der Waals surface area contributed by atoms with Crippen LogP contribution >= 0.6 is 0 Å². The number of allylic oxidation sites excluding steroid dienone is 1. The van der Waals surface area contributed by atoms with Gasteiger partial charge in [-0.2, -0.15) is 5.10 Å². The molecule has 2 N–H and O–H groups in total. The Morgan fingerprint density at radius 2 is 2.03 bits per heavy atom. The highest BCUT2D eigenvalue weighted by Gasteiger charge is 2.34. The molecule has 4 rings (SSSR count). The lowest BCUT2D eigenvalue weighted by Crippen LogP contribution is -2.51. The van der Waals surface area contributed by atoms with E-state index in [1.54, 1.807) is 23.1 Å². The van der Waals surface area contributed by atoms with Crippen LogP contribution in [0.4, 0.5) is 18.0 Å². The smallest absolute Gasteiger partial charge is 0.406 e. The molecule has 1 aromatic carbocycles. The first-order valence-corrected chi connectivity index (χ1v) is 10.3. The van der Waals surface area contributed by atoms with E-state index in [9.17, 15) is 22.8 Å². The van der Waals surface area contributed by atoms with Crippen LogP contribution in [0.2, 0.25) is 0 Å². The maximum absolute atomic E-state index is 13.2. The van der Waals surface area contributed by atoms with Gasteiger partial charge in [-0.1, -0.05) is 12.1 Å². The highest BCUT2D eigenvalue weighted by atomic mass is 19.4. The molecule has 2 aromatic rings. The maximum Gasteiger partial charge on any atom is 0.573 e. The second-order valence-corrected chi connectivity index (χ2v) is 7.49. The van der Waals surface area contributed by atoms with E-state index in [0.717, 1.165) is 12.1 Å². The predicted octanol–water partition coefficient (Wildman–Crippen LogP) is 2.52. The fraction of sp³-hybridized carbons (Fsp3) is 0.333. The lowest BCUT2D eigenvalue weighted by molar-refractivity contribution is -0.274. The Morgan fingerprint density at radius 3 is 2.68 bits per heavy atom. The molecular weight excluding hydrogens is 457 g/mol. The number of alkyl halides is 3. The molecule has 10 nitrogen and oxygen atoms in total. The van der Waals surface area contributed by atoms with Crippen LogP contribution in [0.3, 0.4) is 0 Å². The maximum atomic E-state index is 13.2. The highest BCUT2D eigenvalue weighted by Crippen LogP contribution is 2.27. The quantitative estimate of drug-likeness (QED) is 0.687. The number of carbonyl (C=O) groups excluding carboxylic acids is 2. The normalized spacial score (nSPS) is 17.0. The minimum Gasteiger partial charge on any atom is -0.406 e. The molecule has 0 fully saturated rings. The number of rotatable bonds is 5. The zero-order valence-corrected chi connectivity index (χ0v) is 18.0. The van der Waals surface area contributed by atoms with Gasteiger partial charge in [0, 0.05) is 25.9 Å². The average Bonchev–Trinajstić information content (AvgIpc) is 3.32. The van der Waals surface area contributed by atoms with Gasteiger partial charge in [-0.05, 0) is 30.2 Å². The van der Waals surface area contributed by atoms with Crippen LogP contribution in [0.5, 0.6) is 5.75 Å². The van der Waals surface area contributed by atoms with Crippen molar-refractivity contribution in [3.63, 3.8) is 0 Å². The number of methoxy groups -OCH3 is 1. The predicted molar refractivity (Wildman–Crippen MR) is 112 cm³/mol. The van der Waals surface area contributed by atoms with Gasteiger partial charge >= 0.3 is 12.4 Å². The number of hydrogen-bond donors (Lipinski definition) is 2. The van der Waals surface area contributed by atoms with E-state index in [4.69, 9.17) is 4.74 Å². The molecule has 13 heteroatoms. The van der Waals surface area contributed by atoms with Crippen LogP contribution in [0, 0.1) is 0 Å². The summed E-state index contributed by atoms with van der Waals surface area (Å²) < 4.78 is 47.9. The van der Waals surface area contributed by atoms with Crippen LogP contribution in [0.25, 0.3) is 0 Å². The van der Waals surface area contributed by atoms with Gasteiger partial charge in [0.05, 0.1) is 18.3 Å². The van der Waals surface area contributed by atoms with Gasteiger partial charge in [-0.15, -0.1) is 13.2 Å². The molecule has 180 valence electrons. The summed E-state index contributed by atoms with van der Waals surface area (Å²) in [5.74, 6) is 0.179. The molecule has 3 heterocycles. The van der Waals surface area contributed by atoms with Crippen molar-refractivity contribution < 1.29 is 32.2 Å². The van der Waals surface area contributed by atoms with Crippen LogP contribution < -0.4 is 15.4 Å². The minimum absolute atomic E-state index is 0.0406. The van der Waals surface area contributed by atoms with Crippen molar-refractivity contribution in [2.45, 2.75) is 25.2 Å². The summed E-state index contributed by atoms with van der Waals surface area (Å²) in [5, 5.41) is 9.69. The Hall–Kier alpha value is -3.87. The minimum atomic E-state index is -4.81. The van der Waals surface area contributed by atoms with E-state index in [-0.39, 0.29) is 24.8 Å². The summed E-state index contributed by atoms with van der Waals surface area (Å²) in [5.41, 5.74) is 1.02. The molecule has 3 amide bonds. The highest BCUT2D eigenvalue weighted by molar-refractivity contribution is 5.91. The standard InChI is InChI=1S/C21H21F3N6O4/c1-33-12-16(13-3-5-14(6-4-13)34-21(22,23)24)27-20(32)29-11-18(31)26-15-7-8-17(28-19(15)29)30-10-2-9-25-30/h2-6,9-10,16H,7-8,11-12H2,1H3,(H,26,31)(H,27,32). The van der Waals surface area contributed by atoms with Crippen LogP contribution in [-0.2, 0) is 9.53 Å². The Labute approximate surface area is 192 Å². The summed E-state index contributed by atoms with van der Waals surface area (Å²) in [6, 6.07) is 5.53. The Balaban J connectivity index is 1.54. The van der Waals surface area contributed by atoms with E-state index in [0.29, 0.717) is 35.8 Å². The van der Waals surface area contributed by atoms with Gasteiger partial charge in [-0.25, -0.2) is 14.5 Å². The number of nitrogens with one attached hydrogen (secondary N) is 2. The van der Waals surface area contributed by atoms with Gasteiger partial charge < -0.3 is 20.1 Å². The zero-order valence-electron chi connectivity index (χ0n) is 18.0. The third-order valence-electron chi connectivity index (χ3n) is 5.11. The fourth-order valence-electron chi connectivity index (χ4n) is 3.63. The summed E-state index contributed by atoms with van der Waals surface area (Å²) in [6.07, 6.45) is -0.477. The van der Waals surface area contributed by atoms with E-state index in [1.807, 2.05) is 0 Å². The number of halogens is 3. The molecule has 2 aliphatic rings. The first-order chi connectivity index (χ1) is 16.2. The van der Waals surface area contributed by atoms with Crippen LogP contribution in [0.15, 0.2) is 59.2 Å². The van der Waals surface area contributed by atoms with E-state index >= 15 is 0 Å². The first kappa shape index (κ1) is 23.3. The number of amides is 3. The Bertz CT molecular complexity index is 1110. The molecule has 0 radical (unpaired) electrons. The van der Waals surface area contributed by atoms with Crippen molar-refractivity contribution >= 4 is 17.8 Å². The number of ether oxygens (including phenoxy) is 2. The molecule has 0 saturated heterocycles. The Morgan fingerprint density at radius 1 is 1.26 bits per heavy atom. The first-order valence-electron chi connectivity index (χ1n) is 10.3. The van der Waals surface area contributed by atoms with Crippen molar-refractivity contribution in [1.29, 1.82) is 0 Å². The Kier molecular flexibility index (Phi) is 6.54. The summed E-state index contributed by atoms with van der Waals surface area (Å²) in [6.45, 7) is -0.211. The largest absolute Gasteiger partial charge is 0.573 e. The second-order valence-electron chi connectivity index (χ2n) is 7.49. The number of urea groups is 1. The van der Waals surface area contributed by atoms with Crippen molar-refractivity contribution in [2.24, 2.45) is 4.99 Å². The van der Waals surface area contributed by atoms with Gasteiger partial charge in [-0.3, -0.25) is 9.69 Å². The van der Waals surface area contributed by atoms with Crippen LogP contribution in [-0.4, -0.2) is 59.1 Å². The zero-order chi connectivity index (χ0) is 24.3. The van der Waals surface area contributed by atoms with E-state index in [2.05, 4.69) is 25.5 Å². The molecule has 0 spiro atoms. The number of hydrogen-bond acceptors (Lipinski definition) is 6. The molecular formula is C21H21F3N6O4. The SMILES string of the molecule is COCC(NC(=O)N1CC(=O)NC2=C1N=C(n1cccn1)CC2)c1ccc(OC(F)(F)F)cc1. The molecule has 0 bridgehead atoms. The van der Waals surface area contributed by atoms with Crippen molar-refractivity contribution in [2.75, 3.05) is 20.3 Å². The van der Waals surface area contributed by atoms with Gasteiger partial charge in [0.15, 0.2) is 5.82 Å². The second kappa shape index (κ2) is 9.55. The van der Waals surface area contributed by atoms with Crippen molar-refractivity contribution in [3.8, 4) is 5.75 Å². The third kappa shape index (κ3) is 5.36. The number of aliphatic imine (C=N–C) groups is 1. The number of aromatic nitrogens is 2. The van der Waals surface area contributed by atoms with Crippen molar-refractivity contribution in [1.82, 2.24) is 25.3 Å². The summed E-state index contributed by atoms with van der Waals surface area (Å²) in [4.78, 5) is 31.2. The molecule has 1 aromatic heterocycles. The average molecular weight is 478 g/mol. The lowest BCUT2D eigenvalue weighted by atomic mass is 10.1. The van der Waals surface area contributed by atoms with Gasteiger partial charge in [0.2, 0.25) is 5.91 Å². The summed E-state index contributed by atoms with van der Waals surface area (Å²) >= 11 is 0. The monoisotopic (exact) mass is 478 g/mol. The topological polar surface area (TPSA) is 110 Å². The molecule has 34 heavy (non-hydrogen) atoms. The number of benzene rings is 1. The molecule has 1 unspecified atom stereocenters. The lowest BCUT2D eigenvalue weighted by Gasteiger charge is -2.33. The van der Waals surface area contributed by atoms with E-state index < -0.39 is 18.4 Å². The van der Waals surface area contributed by atoms with Crippen molar-refractivity contribution in [3.05, 3.63) is 59.8 Å². The summed E-state index contributed by atoms with van der Waals surface area (Å²) in [7, 11) is 1.43. The third-order valence-corrected chi connectivity index (χ3v) is 5.11. The molecule has 0 aliphatic carbocycles. The van der Waals surface area contributed by atoms with Crippen LogP contribution in [0.1, 0.15) is 24.4 Å². The number of carbonyl (C=O) groups is 2. The van der Waals surface area contributed by atoms with E-state index in [1.165, 1.54) is 24.1 Å². The van der Waals surface area contributed by atoms with Gasteiger partial charge in [0.25, 0.3) is 0 Å². The molecule has 2 aliphatic heterocycles. The van der Waals surface area contributed by atoms with Gasteiger partial charge in [0.1, 0.15) is 18.1 Å². The molecule has 1 atom stereocenters. The fourth-order valence-corrected chi connectivity index (χ4v) is 3.63. The molecule has 0 saturated carbocycles.